The first-order chi connectivity index (χ1) is 11.6. The average Bonchev–Trinajstić information content (AvgIpc) is 3.27. The number of amides is 1. The van der Waals surface area contributed by atoms with Crippen LogP contribution in [-0.2, 0) is 24.3 Å². The summed E-state index contributed by atoms with van der Waals surface area (Å²) in [6.45, 7) is 5.38. The maximum Gasteiger partial charge on any atom is 0.244 e. The van der Waals surface area contributed by atoms with Crippen LogP contribution in [0.1, 0.15) is 22.8 Å². The fourth-order valence-corrected chi connectivity index (χ4v) is 3.23. The molecule has 7 nitrogen and oxygen atoms in total. The van der Waals surface area contributed by atoms with E-state index in [0.29, 0.717) is 13.1 Å². The van der Waals surface area contributed by atoms with Crippen LogP contribution in [0.4, 0.5) is 0 Å². The van der Waals surface area contributed by atoms with E-state index in [1.54, 1.807) is 17.1 Å². The fourth-order valence-electron chi connectivity index (χ4n) is 3.23. The molecule has 0 saturated carbocycles. The van der Waals surface area contributed by atoms with Crippen molar-refractivity contribution in [2.75, 3.05) is 6.54 Å². The van der Waals surface area contributed by atoms with Crippen LogP contribution >= 0.6 is 0 Å². The van der Waals surface area contributed by atoms with Gasteiger partial charge in [0.05, 0.1) is 0 Å². The third-order valence-corrected chi connectivity index (χ3v) is 4.44. The number of nitrogens with zero attached hydrogens (tertiary/aromatic N) is 4. The molecule has 3 aromatic rings. The van der Waals surface area contributed by atoms with Gasteiger partial charge in [-0.25, -0.2) is 0 Å². The van der Waals surface area contributed by atoms with Crippen LogP contribution in [-0.4, -0.2) is 37.3 Å². The lowest BCUT2D eigenvalue weighted by Gasteiger charge is -2.27. The number of aromatic amines is 1. The smallest absolute Gasteiger partial charge is 0.244 e. The van der Waals surface area contributed by atoms with Gasteiger partial charge in [-0.15, -0.1) is 0 Å². The summed E-state index contributed by atoms with van der Waals surface area (Å²) in [7, 11) is 0. The maximum atomic E-state index is 12.5. The van der Waals surface area contributed by atoms with Crippen LogP contribution in [0.15, 0.2) is 28.9 Å². The van der Waals surface area contributed by atoms with Gasteiger partial charge in [0, 0.05) is 48.7 Å². The number of fused-ring (bicyclic) bond motifs is 1. The van der Waals surface area contributed by atoms with Gasteiger partial charge in [-0.2, -0.15) is 10.2 Å². The standard InChI is InChI=1S/C17H19N5O2/c1-11-8-13(12(2)24-11)17-14-9-21(7-4-15(14)19-20-17)16(23)10-22-6-3-5-18-22/h3,5-6,8H,4,7,9-10H2,1-2H3,(H,19,20). The molecule has 4 heterocycles. The first-order valence-corrected chi connectivity index (χ1v) is 8.00. The molecule has 24 heavy (non-hydrogen) atoms. The van der Waals surface area contributed by atoms with Gasteiger partial charge in [0.25, 0.3) is 0 Å². The molecule has 1 N–H and O–H groups in total. The zero-order valence-electron chi connectivity index (χ0n) is 13.7. The highest BCUT2D eigenvalue weighted by Gasteiger charge is 2.27. The number of carbonyl (C=O) groups is 1. The minimum atomic E-state index is 0.0663. The van der Waals surface area contributed by atoms with E-state index in [-0.39, 0.29) is 12.5 Å². The Morgan fingerprint density at radius 2 is 2.29 bits per heavy atom. The Balaban J connectivity index is 1.59. The summed E-state index contributed by atoms with van der Waals surface area (Å²) in [5, 5.41) is 11.7. The maximum absolute atomic E-state index is 12.5. The van der Waals surface area contributed by atoms with E-state index in [4.69, 9.17) is 4.42 Å². The van der Waals surface area contributed by atoms with Crippen LogP contribution in [0.2, 0.25) is 0 Å². The predicted octanol–water partition coefficient (Wildman–Crippen LogP) is 2.07. The van der Waals surface area contributed by atoms with E-state index < -0.39 is 0 Å². The molecule has 0 radical (unpaired) electrons. The highest BCUT2D eigenvalue weighted by Crippen LogP contribution is 2.32. The second-order valence-corrected chi connectivity index (χ2v) is 6.13. The van der Waals surface area contributed by atoms with E-state index in [2.05, 4.69) is 15.3 Å². The zero-order chi connectivity index (χ0) is 16.7. The monoisotopic (exact) mass is 325 g/mol. The van der Waals surface area contributed by atoms with E-state index in [1.807, 2.05) is 30.9 Å². The molecular formula is C17H19N5O2. The van der Waals surface area contributed by atoms with Crippen LogP contribution in [0, 0.1) is 13.8 Å². The normalized spacial score (nSPS) is 14.0. The number of H-pyrrole nitrogens is 1. The second kappa shape index (κ2) is 5.67. The van der Waals surface area contributed by atoms with E-state index in [9.17, 15) is 4.79 Å². The van der Waals surface area contributed by atoms with Gasteiger partial charge in [0.1, 0.15) is 23.8 Å². The first kappa shape index (κ1) is 14.7. The minimum absolute atomic E-state index is 0.0663. The van der Waals surface area contributed by atoms with Crippen molar-refractivity contribution in [3.8, 4) is 11.3 Å². The van der Waals surface area contributed by atoms with Gasteiger partial charge in [-0.1, -0.05) is 0 Å². The summed E-state index contributed by atoms with van der Waals surface area (Å²) in [5.74, 6) is 1.78. The van der Waals surface area contributed by atoms with E-state index in [1.165, 1.54) is 0 Å². The van der Waals surface area contributed by atoms with Gasteiger partial charge in [0.15, 0.2) is 0 Å². The highest BCUT2D eigenvalue weighted by atomic mass is 16.3. The van der Waals surface area contributed by atoms with Gasteiger partial charge < -0.3 is 9.32 Å². The van der Waals surface area contributed by atoms with Crippen LogP contribution < -0.4 is 0 Å². The fraction of sp³-hybridized carbons (Fsp3) is 0.353. The summed E-state index contributed by atoms with van der Waals surface area (Å²) < 4.78 is 7.28. The molecule has 0 saturated heterocycles. The van der Waals surface area contributed by atoms with Crippen LogP contribution in [0.5, 0.6) is 0 Å². The number of hydrogen-bond acceptors (Lipinski definition) is 4. The molecule has 7 heteroatoms. The Morgan fingerprint density at radius 1 is 1.42 bits per heavy atom. The molecular weight excluding hydrogens is 306 g/mol. The van der Waals surface area contributed by atoms with Crippen molar-refractivity contribution in [2.24, 2.45) is 0 Å². The zero-order valence-corrected chi connectivity index (χ0v) is 13.7. The Kier molecular flexibility index (Phi) is 3.48. The molecule has 1 amide bonds. The van der Waals surface area contributed by atoms with Gasteiger partial charge in [0.2, 0.25) is 5.91 Å². The van der Waals surface area contributed by atoms with Gasteiger partial charge in [-0.05, 0) is 26.0 Å². The molecule has 124 valence electrons. The topological polar surface area (TPSA) is 80.0 Å². The molecule has 3 aromatic heterocycles. The molecule has 0 aliphatic carbocycles. The van der Waals surface area contributed by atoms with Crippen molar-refractivity contribution in [3.63, 3.8) is 0 Å². The van der Waals surface area contributed by atoms with Crippen molar-refractivity contribution in [3.05, 3.63) is 47.3 Å². The lowest BCUT2D eigenvalue weighted by Crippen LogP contribution is -2.38. The second-order valence-electron chi connectivity index (χ2n) is 6.13. The third kappa shape index (κ3) is 2.51. The van der Waals surface area contributed by atoms with Crippen molar-refractivity contribution in [1.82, 2.24) is 24.9 Å². The molecule has 4 rings (SSSR count). The quantitative estimate of drug-likeness (QED) is 0.799. The molecule has 0 bridgehead atoms. The van der Waals surface area contributed by atoms with E-state index in [0.717, 1.165) is 40.5 Å². The number of nitrogens with one attached hydrogen (secondary N) is 1. The van der Waals surface area contributed by atoms with E-state index >= 15 is 0 Å². The number of carbonyl (C=O) groups excluding carboxylic acids is 1. The Morgan fingerprint density at radius 3 is 3.00 bits per heavy atom. The summed E-state index contributed by atoms with van der Waals surface area (Å²) in [4.78, 5) is 14.4. The molecule has 0 unspecified atom stereocenters. The van der Waals surface area contributed by atoms with Gasteiger partial charge in [-0.3, -0.25) is 14.6 Å². The summed E-state index contributed by atoms with van der Waals surface area (Å²) >= 11 is 0. The van der Waals surface area contributed by atoms with Crippen molar-refractivity contribution < 1.29 is 9.21 Å². The molecule has 0 spiro atoms. The number of hydrogen-bond donors (Lipinski definition) is 1. The number of furan rings is 1. The molecule has 0 aromatic carbocycles. The summed E-state index contributed by atoms with van der Waals surface area (Å²) in [5.41, 5.74) is 4.06. The predicted molar refractivity (Wildman–Crippen MR) is 87.1 cm³/mol. The average molecular weight is 325 g/mol. The third-order valence-electron chi connectivity index (χ3n) is 4.44. The van der Waals surface area contributed by atoms with Crippen molar-refractivity contribution >= 4 is 5.91 Å². The van der Waals surface area contributed by atoms with Crippen LogP contribution in [0.3, 0.4) is 0 Å². The SMILES string of the molecule is Cc1cc(-c2n[nH]c3c2CN(C(=O)Cn2cccn2)CC3)c(C)o1. The largest absolute Gasteiger partial charge is 0.466 e. The first-order valence-electron chi connectivity index (χ1n) is 8.00. The summed E-state index contributed by atoms with van der Waals surface area (Å²) in [6.07, 6.45) is 4.26. The number of aryl methyl sites for hydroxylation is 2. The highest BCUT2D eigenvalue weighted by molar-refractivity contribution is 5.77. The lowest BCUT2D eigenvalue weighted by molar-refractivity contribution is -0.132. The van der Waals surface area contributed by atoms with Crippen molar-refractivity contribution in [2.45, 2.75) is 33.4 Å². The molecule has 0 atom stereocenters. The van der Waals surface area contributed by atoms with Gasteiger partial charge >= 0.3 is 0 Å². The Hall–Kier alpha value is -2.83. The minimum Gasteiger partial charge on any atom is -0.466 e. The number of aromatic nitrogens is 4. The van der Waals surface area contributed by atoms with Crippen molar-refractivity contribution in [1.29, 1.82) is 0 Å². The molecule has 0 fully saturated rings. The summed E-state index contributed by atoms with van der Waals surface area (Å²) in [6, 6.07) is 3.82. The molecule has 1 aliphatic heterocycles. The molecule has 1 aliphatic rings. The Labute approximate surface area is 139 Å². The Bertz CT molecular complexity index is 875. The lowest BCUT2D eigenvalue weighted by atomic mass is 10.0. The van der Waals surface area contributed by atoms with Crippen LogP contribution in [0.25, 0.3) is 11.3 Å². The number of rotatable bonds is 3.